The summed E-state index contributed by atoms with van der Waals surface area (Å²) in [5.74, 6) is -1.19. The number of hydrogen-bond donors (Lipinski definition) is 4. The van der Waals surface area contributed by atoms with E-state index >= 15 is 0 Å². The number of nitrogens with two attached hydrogens (primary N) is 1. The molecule has 1 fully saturated rings. The molecule has 0 saturated carbocycles. The van der Waals surface area contributed by atoms with Gasteiger partial charge in [0.05, 0.1) is 4.88 Å². The van der Waals surface area contributed by atoms with Crippen LogP contribution in [0.1, 0.15) is 15.2 Å². The number of thiophene rings is 1. The highest BCUT2D eigenvalue weighted by atomic mass is 32.1. The molecule has 1 aliphatic heterocycles. The maximum absolute atomic E-state index is 13.0. The molecule has 8 nitrogen and oxygen atoms in total. The first kappa shape index (κ1) is 20.1. The molecule has 0 unspecified atom stereocenters. The number of rotatable bonds is 6. The number of para-hydroxylation sites is 1. The molecule has 3 heterocycles. The Balaban J connectivity index is 1.50. The van der Waals surface area contributed by atoms with E-state index in [-0.39, 0.29) is 12.3 Å². The third-order valence-electron chi connectivity index (χ3n) is 5.30. The van der Waals surface area contributed by atoms with Gasteiger partial charge in [0.15, 0.2) is 0 Å². The largest absolute Gasteiger partial charge is 0.368 e. The van der Waals surface area contributed by atoms with Crippen LogP contribution in [0.2, 0.25) is 0 Å². The van der Waals surface area contributed by atoms with Gasteiger partial charge in [-0.1, -0.05) is 24.3 Å². The number of aromatic amines is 1. The fourth-order valence-electron chi connectivity index (χ4n) is 3.73. The molecular formula is C21H23N5O3S. The number of fused-ring (bicyclic) bond motifs is 1. The molecule has 9 heteroatoms. The van der Waals surface area contributed by atoms with Crippen molar-refractivity contribution in [2.45, 2.75) is 18.5 Å². The number of amides is 3. The SMILES string of the molecule is NC(=O)[C@@H](Cc1c[nH]c2ccccc12)NC(=O)[C@H]1CNCCN1C(=O)c1cccs1. The number of benzene rings is 1. The first-order valence-corrected chi connectivity index (χ1v) is 10.6. The summed E-state index contributed by atoms with van der Waals surface area (Å²) in [6, 6.07) is 9.69. The molecule has 4 rings (SSSR count). The highest BCUT2D eigenvalue weighted by Gasteiger charge is 2.34. The molecule has 1 aromatic carbocycles. The molecule has 3 aromatic rings. The Morgan fingerprint density at radius 3 is 2.83 bits per heavy atom. The highest BCUT2D eigenvalue weighted by molar-refractivity contribution is 7.12. The average molecular weight is 426 g/mol. The Morgan fingerprint density at radius 1 is 1.23 bits per heavy atom. The van der Waals surface area contributed by atoms with Crippen molar-refractivity contribution < 1.29 is 14.4 Å². The Kier molecular flexibility index (Phi) is 5.82. The van der Waals surface area contributed by atoms with Gasteiger partial charge in [0.2, 0.25) is 11.8 Å². The molecule has 3 amide bonds. The fraction of sp³-hybridized carbons (Fsp3) is 0.286. The summed E-state index contributed by atoms with van der Waals surface area (Å²) in [7, 11) is 0. The van der Waals surface area contributed by atoms with Gasteiger partial charge in [-0.05, 0) is 23.1 Å². The number of hydrogen-bond acceptors (Lipinski definition) is 5. The van der Waals surface area contributed by atoms with Gasteiger partial charge in [-0.25, -0.2) is 0 Å². The maximum Gasteiger partial charge on any atom is 0.264 e. The van der Waals surface area contributed by atoms with E-state index in [2.05, 4.69) is 15.6 Å². The molecule has 2 aromatic heterocycles. The van der Waals surface area contributed by atoms with E-state index in [0.717, 1.165) is 16.5 Å². The van der Waals surface area contributed by atoms with Crippen LogP contribution in [-0.4, -0.2) is 59.3 Å². The predicted octanol–water partition coefficient (Wildman–Crippen LogP) is 0.856. The van der Waals surface area contributed by atoms with Crippen molar-refractivity contribution in [2.75, 3.05) is 19.6 Å². The first-order chi connectivity index (χ1) is 14.5. The number of nitrogens with one attached hydrogen (secondary N) is 3. The molecule has 1 saturated heterocycles. The van der Waals surface area contributed by atoms with Gasteiger partial charge in [-0.15, -0.1) is 11.3 Å². The highest BCUT2D eigenvalue weighted by Crippen LogP contribution is 2.20. The van der Waals surface area contributed by atoms with Crippen molar-refractivity contribution in [3.05, 3.63) is 58.4 Å². The summed E-state index contributed by atoms with van der Waals surface area (Å²) in [6.07, 6.45) is 2.09. The lowest BCUT2D eigenvalue weighted by atomic mass is 10.0. The maximum atomic E-state index is 13.0. The van der Waals surface area contributed by atoms with Gasteiger partial charge < -0.3 is 26.3 Å². The Hall–Kier alpha value is -3.17. The number of primary amides is 1. The van der Waals surface area contributed by atoms with Crippen molar-refractivity contribution in [1.29, 1.82) is 0 Å². The fourth-order valence-corrected chi connectivity index (χ4v) is 4.41. The molecule has 0 spiro atoms. The first-order valence-electron chi connectivity index (χ1n) is 9.74. The van der Waals surface area contributed by atoms with Gasteiger partial charge in [0.25, 0.3) is 5.91 Å². The number of carbonyl (C=O) groups is 3. The second kappa shape index (κ2) is 8.68. The zero-order chi connectivity index (χ0) is 21.1. The minimum absolute atomic E-state index is 0.182. The molecule has 0 aliphatic carbocycles. The standard InChI is InChI=1S/C21H23N5O3S/c22-19(27)16(10-13-11-24-15-5-2-1-4-14(13)15)25-20(28)17-12-23-7-8-26(17)21(29)18-6-3-9-30-18/h1-6,9,11,16-17,23-24H,7-8,10,12H2,(H2,22,27)(H,25,28)/t16-,17-/m1/s1. The van der Waals surface area contributed by atoms with E-state index in [1.165, 1.54) is 11.3 Å². The minimum Gasteiger partial charge on any atom is -0.368 e. The second-order valence-corrected chi connectivity index (χ2v) is 8.17. The molecule has 5 N–H and O–H groups in total. The lowest BCUT2D eigenvalue weighted by Gasteiger charge is -2.35. The summed E-state index contributed by atoms with van der Waals surface area (Å²) < 4.78 is 0. The number of piperazine rings is 1. The Labute approximate surface area is 177 Å². The van der Waals surface area contributed by atoms with Crippen LogP contribution in [0.5, 0.6) is 0 Å². The van der Waals surface area contributed by atoms with Crippen LogP contribution in [0, 0.1) is 0 Å². The van der Waals surface area contributed by atoms with Gasteiger partial charge in [0, 0.05) is 43.2 Å². The van der Waals surface area contributed by atoms with Crippen LogP contribution in [0.4, 0.5) is 0 Å². The summed E-state index contributed by atoms with van der Waals surface area (Å²) in [5, 5.41) is 8.71. The zero-order valence-electron chi connectivity index (χ0n) is 16.3. The molecule has 2 atom stereocenters. The van der Waals surface area contributed by atoms with E-state index in [1.54, 1.807) is 17.0 Å². The monoisotopic (exact) mass is 425 g/mol. The van der Waals surface area contributed by atoms with Crippen LogP contribution in [0.3, 0.4) is 0 Å². The normalized spacial score (nSPS) is 17.6. The van der Waals surface area contributed by atoms with Crippen LogP contribution < -0.4 is 16.4 Å². The molecule has 0 radical (unpaired) electrons. The van der Waals surface area contributed by atoms with Crippen LogP contribution in [0.15, 0.2) is 48.0 Å². The van der Waals surface area contributed by atoms with E-state index in [1.807, 2.05) is 35.8 Å². The summed E-state index contributed by atoms with van der Waals surface area (Å²) in [6.45, 7) is 1.34. The third-order valence-corrected chi connectivity index (χ3v) is 6.16. The molecule has 156 valence electrons. The quantitative estimate of drug-likeness (QED) is 0.468. The average Bonchev–Trinajstić information content (AvgIpc) is 3.43. The lowest BCUT2D eigenvalue weighted by Crippen LogP contribution is -2.61. The van der Waals surface area contributed by atoms with Gasteiger partial charge in [-0.2, -0.15) is 0 Å². The van der Waals surface area contributed by atoms with Crippen LogP contribution in [-0.2, 0) is 16.0 Å². The van der Waals surface area contributed by atoms with Crippen molar-refractivity contribution in [1.82, 2.24) is 20.5 Å². The minimum atomic E-state index is -0.877. The van der Waals surface area contributed by atoms with E-state index < -0.39 is 23.9 Å². The molecule has 1 aliphatic rings. The van der Waals surface area contributed by atoms with Gasteiger partial charge in [0.1, 0.15) is 12.1 Å². The van der Waals surface area contributed by atoms with E-state index in [4.69, 9.17) is 5.73 Å². The number of carbonyl (C=O) groups excluding carboxylic acids is 3. The molecular weight excluding hydrogens is 402 g/mol. The second-order valence-electron chi connectivity index (χ2n) is 7.22. The predicted molar refractivity (Wildman–Crippen MR) is 115 cm³/mol. The van der Waals surface area contributed by atoms with E-state index in [0.29, 0.717) is 24.5 Å². The molecule has 30 heavy (non-hydrogen) atoms. The zero-order valence-corrected chi connectivity index (χ0v) is 17.1. The summed E-state index contributed by atoms with van der Waals surface area (Å²) in [4.78, 5) is 43.2. The summed E-state index contributed by atoms with van der Waals surface area (Å²) >= 11 is 1.34. The van der Waals surface area contributed by atoms with Crippen LogP contribution in [0.25, 0.3) is 10.9 Å². The van der Waals surface area contributed by atoms with Crippen molar-refractivity contribution in [2.24, 2.45) is 5.73 Å². The number of nitrogens with zero attached hydrogens (tertiary/aromatic N) is 1. The number of aromatic nitrogens is 1. The van der Waals surface area contributed by atoms with Gasteiger partial charge >= 0.3 is 0 Å². The van der Waals surface area contributed by atoms with Gasteiger partial charge in [-0.3, -0.25) is 14.4 Å². The van der Waals surface area contributed by atoms with Crippen LogP contribution >= 0.6 is 11.3 Å². The topological polar surface area (TPSA) is 120 Å². The number of H-pyrrole nitrogens is 1. The van der Waals surface area contributed by atoms with Crippen molar-refractivity contribution >= 4 is 40.0 Å². The third kappa shape index (κ3) is 4.07. The Morgan fingerprint density at radius 2 is 2.07 bits per heavy atom. The smallest absolute Gasteiger partial charge is 0.264 e. The lowest BCUT2D eigenvalue weighted by molar-refractivity contribution is -0.130. The van der Waals surface area contributed by atoms with E-state index in [9.17, 15) is 14.4 Å². The molecule has 0 bridgehead atoms. The van der Waals surface area contributed by atoms with Crippen molar-refractivity contribution in [3.63, 3.8) is 0 Å². The summed E-state index contributed by atoms with van der Waals surface area (Å²) in [5.41, 5.74) is 7.43. The van der Waals surface area contributed by atoms with Crippen molar-refractivity contribution in [3.8, 4) is 0 Å². The Bertz CT molecular complexity index is 1060.